The van der Waals surface area contributed by atoms with E-state index in [1.165, 1.54) is 24.3 Å². The van der Waals surface area contributed by atoms with Gasteiger partial charge in [-0.15, -0.1) is 0 Å². The molecular weight excluding hydrogens is 384 g/mol. The highest BCUT2D eigenvalue weighted by atomic mass is 31.2. The molecule has 0 spiro atoms. The van der Waals surface area contributed by atoms with Crippen LogP contribution in [0.4, 0.5) is 4.39 Å². The first-order valence-electron chi connectivity index (χ1n) is 9.88. The molecule has 4 rings (SSSR count). The van der Waals surface area contributed by atoms with E-state index in [1.807, 2.05) is 60.7 Å². The number of halogens is 1. The number of hydrogen-bond donors (Lipinski definition) is 0. The van der Waals surface area contributed by atoms with Crippen molar-refractivity contribution in [3.05, 3.63) is 96.3 Å². The summed E-state index contributed by atoms with van der Waals surface area (Å²) in [5, 5.41) is 1.52. The summed E-state index contributed by atoms with van der Waals surface area (Å²) in [5.41, 5.74) is 0.422. The van der Waals surface area contributed by atoms with Crippen molar-refractivity contribution in [2.24, 2.45) is 0 Å². The van der Waals surface area contributed by atoms with Crippen LogP contribution in [-0.2, 0) is 4.57 Å². The molecule has 1 aliphatic heterocycles. The van der Waals surface area contributed by atoms with Gasteiger partial charge in [0.15, 0.2) is 7.14 Å². The number of hydrogen-bond acceptors (Lipinski definition) is 2. The fraction of sp³-hybridized carbons (Fsp3) is 0.208. The molecule has 1 heterocycles. The van der Waals surface area contributed by atoms with E-state index < -0.39 is 12.9 Å². The second kappa shape index (κ2) is 8.34. The van der Waals surface area contributed by atoms with Gasteiger partial charge in [-0.1, -0.05) is 60.7 Å². The summed E-state index contributed by atoms with van der Waals surface area (Å²) < 4.78 is 28.0. The van der Waals surface area contributed by atoms with E-state index in [0.29, 0.717) is 18.5 Å². The molecule has 0 N–H and O–H groups in total. The quantitative estimate of drug-likeness (QED) is 0.583. The van der Waals surface area contributed by atoms with Gasteiger partial charge in [0.05, 0.1) is 5.78 Å². The first kappa shape index (κ1) is 19.6. The highest BCUT2D eigenvalue weighted by Crippen LogP contribution is 2.53. The van der Waals surface area contributed by atoms with Crippen LogP contribution in [0.3, 0.4) is 0 Å². The van der Waals surface area contributed by atoms with E-state index >= 15 is 0 Å². The third-order valence-electron chi connectivity index (χ3n) is 5.52. The molecule has 0 aromatic heterocycles. The largest absolute Gasteiger partial charge is 0.328 e. The predicted octanol–water partition coefficient (Wildman–Crippen LogP) is 4.79. The van der Waals surface area contributed by atoms with Gasteiger partial charge in [0.25, 0.3) is 5.91 Å². The summed E-state index contributed by atoms with van der Waals surface area (Å²) in [4.78, 5) is 15.1. The molecular formula is C24H23FNO2P. The standard InChI is InChI=1S/C24H23FNO2P/c25-20-16-14-19(15-17-20)24(27)26-18-8-7-13-23(26)29(28,21-9-3-1-4-10-21)22-11-5-2-6-12-22/h1-6,9-12,14-17,23H,7-8,13,18H2. The molecule has 0 aliphatic carbocycles. The molecule has 1 aliphatic rings. The Morgan fingerprint density at radius 3 is 1.93 bits per heavy atom. The van der Waals surface area contributed by atoms with Crippen LogP contribution in [0.2, 0.25) is 0 Å². The first-order chi connectivity index (χ1) is 14.1. The van der Waals surface area contributed by atoms with Crippen molar-refractivity contribution < 1.29 is 13.8 Å². The SMILES string of the molecule is O=C(c1ccc(F)cc1)N1CCCCC1P(=O)(c1ccccc1)c1ccccc1. The second-order valence-electron chi connectivity index (χ2n) is 7.31. The van der Waals surface area contributed by atoms with Gasteiger partial charge in [0.2, 0.25) is 0 Å². The van der Waals surface area contributed by atoms with Crippen molar-refractivity contribution in [2.75, 3.05) is 6.54 Å². The van der Waals surface area contributed by atoms with Crippen molar-refractivity contribution in [3.8, 4) is 0 Å². The highest BCUT2D eigenvalue weighted by Gasteiger charge is 2.43. The molecule has 1 saturated heterocycles. The number of carbonyl (C=O) groups is 1. The van der Waals surface area contributed by atoms with Crippen LogP contribution in [0.25, 0.3) is 0 Å². The number of rotatable bonds is 4. The highest BCUT2D eigenvalue weighted by molar-refractivity contribution is 7.79. The zero-order chi connectivity index (χ0) is 20.3. The lowest BCUT2D eigenvalue weighted by atomic mass is 10.1. The smallest absolute Gasteiger partial charge is 0.254 e. The van der Waals surface area contributed by atoms with Gasteiger partial charge in [-0.3, -0.25) is 4.79 Å². The summed E-state index contributed by atoms with van der Waals surface area (Å²) in [6, 6.07) is 24.5. The summed E-state index contributed by atoms with van der Waals surface area (Å²) in [6.07, 6.45) is 2.46. The van der Waals surface area contributed by atoms with Crippen LogP contribution < -0.4 is 10.6 Å². The Kier molecular flexibility index (Phi) is 5.64. The van der Waals surface area contributed by atoms with Crippen molar-refractivity contribution in [1.29, 1.82) is 0 Å². The van der Waals surface area contributed by atoms with Crippen LogP contribution >= 0.6 is 7.14 Å². The number of nitrogens with zero attached hydrogens (tertiary/aromatic N) is 1. The molecule has 3 aromatic rings. The summed E-state index contributed by atoms with van der Waals surface area (Å²) in [5.74, 6) is -0.989. The summed E-state index contributed by atoms with van der Waals surface area (Å²) >= 11 is 0. The Balaban J connectivity index is 1.81. The van der Waals surface area contributed by atoms with E-state index in [-0.39, 0.29) is 11.7 Å². The number of likely N-dealkylation sites (tertiary alicyclic amines) is 1. The Bertz CT molecular complexity index is 978. The minimum absolute atomic E-state index is 0.193. The van der Waals surface area contributed by atoms with E-state index in [0.717, 1.165) is 23.5 Å². The van der Waals surface area contributed by atoms with E-state index in [2.05, 4.69) is 0 Å². The molecule has 1 atom stereocenters. The van der Waals surface area contributed by atoms with Gasteiger partial charge in [-0.05, 0) is 43.5 Å². The number of piperidine rings is 1. The predicted molar refractivity (Wildman–Crippen MR) is 115 cm³/mol. The summed E-state index contributed by atoms with van der Waals surface area (Å²) in [6.45, 7) is 0.546. The van der Waals surface area contributed by atoms with Gasteiger partial charge < -0.3 is 9.46 Å². The normalized spacial score (nSPS) is 17.1. The maximum absolute atomic E-state index is 14.7. The number of benzene rings is 3. The lowest BCUT2D eigenvalue weighted by Crippen LogP contribution is -2.46. The molecule has 0 radical (unpaired) electrons. The van der Waals surface area contributed by atoms with Crippen molar-refractivity contribution in [2.45, 2.75) is 25.0 Å². The van der Waals surface area contributed by atoms with Crippen molar-refractivity contribution in [3.63, 3.8) is 0 Å². The fourth-order valence-corrected chi connectivity index (χ4v) is 7.45. The van der Waals surface area contributed by atoms with Crippen molar-refractivity contribution in [1.82, 2.24) is 4.90 Å². The van der Waals surface area contributed by atoms with Crippen LogP contribution in [0.5, 0.6) is 0 Å². The van der Waals surface area contributed by atoms with Gasteiger partial charge in [-0.25, -0.2) is 4.39 Å². The minimum atomic E-state index is -3.11. The Labute approximate surface area is 170 Å². The Morgan fingerprint density at radius 2 is 1.38 bits per heavy atom. The topological polar surface area (TPSA) is 37.4 Å². The van der Waals surface area contributed by atoms with Crippen LogP contribution in [0.15, 0.2) is 84.9 Å². The molecule has 1 unspecified atom stereocenters. The molecule has 1 amide bonds. The lowest BCUT2D eigenvalue weighted by molar-refractivity contribution is 0.0690. The second-order valence-corrected chi connectivity index (χ2v) is 10.3. The monoisotopic (exact) mass is 407 g/mol. The third-order valence-corrected chi connectivity index (χ3v) is 9.03. The van der Waals surface area contributed by atoms with E-state index in [9.17, 15) is 13.8 Å². The molecule has 3 aromatic carbocycles. The van der Waals surface area contributed by atoms with Gasteiger partial charge in [0, 0.05) is 22.7 Å². The number of amides is 1. The fourth-order valence-electron chi connectivity index (χ4n) is 4.08. The van der Waals surface area contributed by atoms with Gasteiger partial charge in [0.1, 0.15) is 5.82 Å². The minimum Gasteiger partial charge on any atom is -0.328 e. The zero-order valence-corrected chi connectivity index (χ0v) is 17.0. The molecule has 3 nitrogen and oxygen atoms in total. The zero-order valence-electron chi connectivity index (χ0n) is 16.1. The molecule has 29 heavy (non-hydrogen) atoms. The lowest BCUT2D eigenvalue weighted by Gasteiger charge is -2.40. The summed E-state index contributed by atoms with van der Waals surface area (Å²) in [7, 11) is -3.11. The number of carbonyl (C=O) groups excluding carboxylic acids is 1. The van der Waals surface area contributed by atoms with Gasteiger partial charge in [-0.2, -0.15) is 0 Å². The Hall–Kier alpha value is -2.71. The van der Waals surface area contributed by atoms with E-state index in [1.54, 1.807) is 4.90 Å². The molecule has 5 heteroatoms. The third kappa shape index (κ3) is 3.77. The molecule has 0 bridgehead atoms. The molecule has 0 saturated carbocycles. The van der Waals surface area contributed by atoms with Gasteiger partial charge >= 0.3 is 0 Å². The van der Waals surface area contributed by atoms with Crippen molar-refractivity contribution >= 4 is 23.7 Å². The average Bonchev–Trinajstić information content (AvgIpc) is 2.80. The Morgan fingerprint density at radius 1 is 0.828 bits per heavy atom. The molecule has 1 fully saturated rings. The average molecular weight is 407 g/mol. The maximum Gasteiger partial charge on any atom is 0.254 e. The van der Waals surface area contributed by atoms with Crippen LogP contribution in [-0.4, -0.2) is 23.1 Å². The van der Waals surface area contributed by atoms with E-state index in [4.69, 9.17) is 0 Å². The first-order valence-corrected chi connectivity index (χ1v) is 11.7. The van der Waals surface area contributed by atoms with Crippen LogP contribution in [0, 0.1) is 5.82 Å². The van der Waals surface area contributed by atoms with Crippen LogP contribution in [0.1, 0.15) is 29.6 Å². The molecule has 148 valence electrons. The maximum atomic E-state index is 14.7.